The van der Waals surface area contributed by atoms with E-state index >= 15 is 0 Å². The van der Waals surface area contributed by atoms with Crippen molar-refractivity contribution in [2.45, 2.75) is 58.6 Å². The van der Waals surface area contributed by atoms with Gasteiger partial charge < -0.3 is 10.1 Å². The van der Waals surface area contributed by atoms with Crippen molar-refractivity contribution in [2.75, 3.05) is 25.2 Å². The maximum absolute atomic E-state index is 11.1. The number of hydrogen-bond donors (Lipinski definition) is 1. The Kier molecular flexibility index (Phi) is 9.68. The summed E-state index contributed by atoms with van der Waals surface area (Å²) >= 11 is 0. The van der Waals surface area contributed by atoms with Gasteiger partial charge in [-0.25, -0.2) is 8.42 Å². The van der Waals surface area contributed by atoms with Crippen molar-refractivity contribution < 1.29 is 13.2 Å². The third kappa shape index (κ3) is 8.89. The van der Waals surface area contributed by atoms with Crippen molar-refractivity contribution in [3.8, 4) is 0 Å². The van der Waals surface area contributed by atoms with Gasteiger partial charge in [0, 0.05) is 24.7 Å². The molecule has 0 aromatic carbocycles. The van der Waals surface area contributed by atoms with Gasteiger partial charge in [0.1, 0.15) is 9.84 Å². The van der Waals surface area contributed by atoms with Crippen LogP contribution in [0, 0.1) is 0 Å². The maximum atomic E-state index is 11.1. The van der Waals surface area contributed by atoms with Crippen LogP contribution in [-0.2, 0) is 14.6 Å². The number of nitrogens with one attached hydrogen (secondary N) is 1. The van der Waals surface area contributed by atoms with Crippen LogP contribution in [0.2, 0.25) is 0 Å². The molecule has 110 valence electrons. The molecule has 0 spiro atoms. The van der Waals surface area contributed by atoms with Gasteiger partial charge in [0.2, 0.25) is 0 Å². The average Bonchev–Trinajstić information content (AvgIpc) is 2.29. The van der Waals surface area contributed by atoms with Gasteiger partial charge in [-0.3, -0.25) is 0 Å². The summed E-state index contributed by atoms with van der Waals surface area (Å²) in [5.41, 5.74) is 0. The van der Waals surface area contributed by atoms with E-state index in [9.17, 15) is 8.42 Å². The van der Waals surface area contributed by atoms with Crippen molar-refractivity contribution in [2.24, 2.45) is 0 Å². The van der Waals surface area contributed by atoms with Crippen molar-refractivity contribution in [3.05, 3.63) is 0 Å². The monoisotopic (exact) mass is 279 g/mol. The Labute approximate surface area is 112 Å². The molecule has 1 N–H and O–H groups in total. The topological polar surface area (TPSA) is 55.4 Å². The Morgan fingerprint density at radius 1 is 1.22 bits per heavy atom. The highest BCUT2D eigenvalue weighted by Crippen LogP contribution is 2.11. The molecule has 0 bridgehead atoms. The highest BCUT2D eigenvalue weighted by molar-refractivity contribution is 7.90. The highest BCUT2D eigenvalue weighted by Gasteiger charge is 2.19. The van der Waals surface area contributed by atoms with Crippen molar-refractivity contribution in [1.29, 1.82) is 0 Å². The SMILES string of the molecule is CCCNC(CCCS(C)(=O)=O)C(CC)OCC. The van der Waals surface area contributed by atoms with E-state index in [2.05, 4.69) is 19.2 Å². The molecule has 2 unspecified atom stereocenters. The molecule has 0 fully saturated rings. The van der Waals surface area contributed by atoms with Crippen LogP contribution < -0.4 is 5.32 Å². The summed E-state index contributed by atoms with van der Waals surface area (Å²) in [7, 11) is -2.85. The molecule has 0 aromatic heterocycles. The van der Waals surface area contributed by atoms with Crippen LogP contribution in [0.15, 0.2) is 0 Å². The maximum Gasteiger partial charge on any atom is 0.147 e. The molecule has 0 heterocycles. The second kappa shape index (κ2) is 9.75. The van der Waals surface area contributed by atoms with Gasteiger partial charge in [0.15, 0.2) is 0 Å². The predicted octanol–water partition coefficient (Wildman–Crippen LogP) is 1.99. The third-order valence-electron chi connectivity index (χ3n) is 2.92. The first kappa shape index (κ1) is 17.9. The fraction of sp³-hybridized carbons (Fsp3) is 1.00. The minimum Gasteiger partial charge on any atom is -0.377 e. The quantitative estimate of drug-likeness (QED) is 0.628. The van der Waals surface area contributed by atoms with Gasteiger partial charge in [-0.15, -0.1) is 0 Å². The molecule has 0 aliphatic carbocycles. The minimum absolute atomic E-state index is 0.182. The van der Waals surface area contributed by atoms with E-state index in [4.69, 9.17) is 4.74 Å². The molecule has 0 aromatic rings. The van der Waals surface area contributed by atoms with E-state index < -0.39 is 9.84 Å². The molecule has 0 rings (SSSR count). The van der Waals surface area contributed by atoms with Crippen LogP contribution in [-0.4, -0.2) is 45.7 Å². The Morgan fingerprint density at radius 2 is 1.89 bits per heavy atom. The van der Waals surface area contributed by atoms with Gasteiger partial charge in [0.05, 0.1) is 6.10 Å². The van der Waals surface area contributed by atoms with Gasteiger partial charge >= 0.3 is 0 Å². The van der Waals surface area contributed by atoms with E-state index in [1.54, 1.807) is 0 Å². The van der Waals surface area contributed by atoms with Crippen LogP contribution >= 0.6 is 0 Å². The van der Waals surface area contributed by atoms with E-state index in [-0.39, 0.29) is 17.9 Å². The zero-order valence-corrected chi connectivity index (χ0v) is 13.1. The summed E-state index contributed by atoms with van der Waals surface area (Å²) < 4.78 is 28.0. The summed E-state index contributed by atoms with van der Waals surface area (Å²) in [4.78, 5) is 0. The third-order valence-corrected chi connectivity index (χ3v) is 3.95. The molecule has 0 saturated heterocycles. The Bertz CT molecular complexity index is 291. The molecule has 18 heavy (non-hydrogen) atoms. The number of sulfone groups is 1. The first-order valence-electron chi connectivity index (χ1n) is 6.97. The van der Waals surface area contributed by atoms with Crippen LogP contribution in [0.3, 0.4) is 0 Å². The molecule has 0 aliphatic rings. The summed E-state index contributed by atoms with van der Waals surface area (Å²) in [6.07, 6.45) is 5.05. The Balaban J connectivity index is 4.27. The van der Waals surface area contributed by atoms with Crippen molar-refractivity contribution >= 4 is 9.84 Å². The number of ether oxygens (including phenoxy) is 1. The molecular formula is C13H29NO3S. The second-order valence-corrected chi connectivity index (χ2v) is 6.99. The van der Waals surface area contributed by atoms with Crippen molar-refractivity contribution in [1.82, 2.24) is 5.32 Å². The van der Waals surface area contributed by atoms with Crippen LogP contribution in [0.4, 0.5) is 0 Å². The highest BCUT2D eigenvalue weighted by atomic mass is 32.2. The van der Waals surface area contributed by atoms with Crippen LogP contribution in [0.1, 0.15) is 46.5 Å². The van der Waals surface area contributed by atoms with Crippen LogP contribution in [0.25, 0.3) is 0 Å². The molecule has 4 nitrogen and oxygen atoms in total. The Hall–Kier alpha value is -0.130. The molecular weight excluding hydrogens is 250 g/mol. The zero-order valence-electron chi connectivity index (χ0n) is 12.2. The van der Waals surface area contributed by atoms with Gasteiger partial charge in [0.25, 0.3) is 0 Å². The largest absolute Gasteiger partial charge is 0.377 e. The number of rotatable bonds is 11. The second-order valence-electron chi connectivity index (χ2n) is 4.73. The van der Waals surface area contributed by atoms with Gasteiger partial charge in [-0.2, -0.15) is 0 Å². The number of hydrogen-bond acceptors (Lipinski definition) is 4. The predicted molar refractivity (Wildman–Crippen MR) is 76.7 cm³/mol. The molecule has 0 aliphatic heterocycles. The van der Waals surface area contributed by atoms with Gasteiger partial charge in [-0.05, 0) is 39.2 Å². The molecule has 0 amide bonds. The average molecular weight is 279 g/mol. The molecule has 0 radical (unpaired) electrons. The zero-order chi connectivity index (χ0) is 14.0. The van der Waals surface area contributed by atoms with E-state index in [1.807, 2.05) is 6.92 Å². The molecule has 5 heteroatoms. The Morgan fingerprint density at radius 3 is 2.33 bits per heavy atom. The molecule has 2 atom stereocenters. The lowest BCUT2D eigenvalue weighted by Crippen LogP contribution is -2.41. The summed E-state index contributed by atoms with van der Waals surface area (Å²) in [6, 6.07) is 0.261. The summed E-state index contributed by atoms with van der Waals surface area (Å²) in [5, 5.41) is 3.47. The summed E-state index contributed by atoms with van der Waals surface area (Å²) in [5.74, 6) is 0.264. The lowest BCUT2D eigenvalue weighted by Gasteiger charge is -2.27. The fourth-order valence-corrected chi connectivity index (χ4v) is 2.74. The van der Waals surface area contributed by atoms with Crippen LogP contribution in [0.5, 0.6) is 0 Å². The standard InChI is InChI=1S/C13H29NO3S/c1-5-10-14-12(13(6-2)17-7-3)9-8-11-18(4,15)16/h12-14H,5-11H2,1-4H3. The van der Waals surface area contributed by atoms with Gasteiger partial charge in [-0.1, -0.05) is 13.8 Å². The smallest absolute Gasteiger partial charge is 0.147 e. The fourth-order valence-electron chi connectivity index (χ4n) is 2.05. The van der Waals surface area contributed by atoms with Crippen molar-refractivity contribution in [3.63, 3.8) is 0 Å². The first-order chi connectivity index (χ1) is 8.44. The van der Waals surface area contributed by atoms with E-state index in [0.717, 1.165) is 25.8 Å². The summed E-state index contributed by atoms with van der Waals surface area (Å²) in [6.45, 7) is 7.89. The lowest BCUT2D eigenvalue weighted by molar-refractivity contribution is 0.0295. The van der Waals surface area contributed by atoms with E-state index in [0.29, 0.717) is 13.0 Å². The first-order valence-corrected chi connectivity index (χ1v) is 9.03. The lowest BCUT2D eigenvalue weighted by atomic mass is 10.0. The molecule has 0 saturated carbocycles. The van der Waals surface area contributed by atoms with E-state index in [1.165, 1.54) is 6.26 Å². The minimum atomic E-state index is -2.85. The normalized spacial score (nSPS) is 15.6.